The number of aldehydes is 2. The van der Waals surface area contributed by atoms with Crippen molar-refractivity contribution in [1.82, 2.24) is 10.2 Å². The second-order valence-corrected chi connectivity index (χ2v) is 5.67. The highest BCUT2D eigenvalue weighted by atomic mass is 16.7. The first kappa shape index (κ1) is 33.4. The molecule has 13 heteroatoms. The van der Waals surface area contributed by atoms with E-state index in [0.29, 0.717) is 25.1 Å². The SMILES string of the molecule is CNC(=O)N(/C=C\C=O)CCC(COC(=O)OCC=O)OC.COC(=O)O.COC(C)C. The molecular formula is C19H34N2O11. The van der Waals surface area contributed by atoms with Crippen molar-refractivity contribution in [3.63, 3.8) is 0 Å². The molecule has 0 rings (SSSR count). The van der Waals surface area contributed by atoms with Crippen LogP contribution < -0.4 is 5.32 Å². The van der Waals surface area contributed by atoms with Crippen LogP contribution in [0.5, 0.6) is 0 Å². The van der Waals surface area contributed by atoms with Gasteiger partial charge in [-0.15, -0.1) is 0 Å². The lowest BCUT2D eigenvalue weighted by Crippen LogP contribution is -2.36. The maximum Gasteiger partial charge on any atom is 0.508 e. The standard InChI is InChI=1S/C13H20N2O7.C4H10O.C2H4O3/c1-14-12(18)15(5-3-7-16)6-4-11(20-2)10-22-13(19)21-9-8-17;1-4(2)5-3;1-5-2(3)4/h3,5,7-8,11H,4,6,9-10H2,1-2H3,(H,14,18);4H,1-3H3;1H3,(H,3,4)/b5-3-;;. The zero-order valence-electron chi connectivity index (χ0n) is 19.3. The molecule has 1 atom stereocenters. The summed E-state index contributed by atoms with van der Waals surface area (Å²) in [6.07, 6.45) is 1.54. The largest absolute Gasteiger partial charge is 0.508 e. The first-order chi connectivity index (χ1) is 15.1. The third-order valence-corrected chi connectivity index (χ3v) is 3.15. The molecule has 0 aromatic carbocycles. The molecule has 0 heterocycles. The summed E-state index contributed by atoms with van der Waals surface area (Å²) >= 11 is 0. The molecule has 13 nitrogen and oxygen atoms in total. The Kier molecular flexibility index (Phi) is 25.2. The molecule has 0 saturated heterocycles. The number of carbonyl (C=O) groups is 5. The van der Waals surface area contributed by atoms with Crippen molar-refractivity contribution in [3.8, 4) is 0 Å². The summed E-state index contributed by atoms with van der Waals surface area (Å²) in [4.78, 5) is 53.4. The predicted octanol–water partition coefficient (Wildman–Crippen LogP) is 1.45. The fourth-order valence-corrected chi connectivity index (χ4v) is 1.38. The van der Waals surface area contributed by atoms with E-state index in [1.807, 2.05) is 13.8 Å². The van der Waals surface area contributed by atoms with E-state index in [0.717, 1.165) is 7.11 Å². The molecule has 1 unspecified atom stereocenters. The van der Waals surface area contributed by atoms with Crippen LogP contribution in [0.25, 0.3) is 0 Å². The first-order valence-electron chi connectivity index (χ1n) is 9.29. The van der Waals surface area contributed by atoms with Crippen LogP contribution in [0.2, 0.25) is 0 Å². The topological polar surface area (TPSA) is 167 Å². The lowest BCUT2D eigenvalue weighted by atomic mass is 10.2. The molecule has 0 saturated carbocycles. The zero-order valence-corrected chi connectivity index (χ0v) is 19.3. The van der Waals surface area contributed by atoms with Crippen LogP contribution in [0.3, 0.4) is 0 Å². The maximum absolute atomic E-state index is 11.6. The van der Waals surface area contributed by atoms with E-state index in [4.69, 9.17) is 24.1 Å². The Bertz CT molecular complexity index is 553. The Morgan fingerprint density at radius 1 is 1.06 bits per heavy atom. The van der Waals surface area contributed by atoms with Crippen molar-refractivity contribution >= 4 is 30.9 Å². The number of rotatable bonds is 11. The number of hydrogen-bond donors (Lipinski definition) is 2. The molecule has 0 spiro atoms. The third kappa shape index (κ3) is 24.8. The number of urea groups is 1. The normalized spacial score (nSPS) is 10.5. The number of ether oxygens (including phenoxy) is 5. The van der Waals surface area contributed by atoms with Gasteiger partial charge in [-0.2, -0.15) is 0 Å². The summed E-state index contributed by atoms with van der Waals surface area (Å²) in [6.45, 7) is 3.78. The number of carboxylic acid groups (broad SMARTS) is 1. The number of nitrogens with zero attached hydrogens (tertiary/aromatic N) is 1. The van der Waals surface area contributed by atoms with Crippen molar-refractivity contribution in [1.29, 1.82) is 0 Å². The van der Waals surface area contributed by atoms with E-state index in [9.17, 15) is 19.2 Å². The minimum atomic E-state index is -1.25. The number of amides is 2. The smallest absolute Gasteiger partial charge is 0.450 e. The van der Waals surface area contributed by atoms with Crippen LogP contribution >= 0.6 is 0 Å². The van der Waals surface area contributed by atoms with Gasteiger partial charge in [0.2, 0.25) is 0 Å². The van der Waals surface area contributed by atoms with Gasteiger partial charge in [-0.25, -0.2) is 14.4 Å². The van der Waals surface area contributed by atoms with Crippen LogP contribution in [-0.2, 0) is 33.3 Å². The lowest BCUT2D eigenvalue weighted by Gasteiger charge is -2.21. The van der Waals surface area contributed by atoms with Crippen LogP contribution in [0, 0.1) is 0 Å². The summed E-state index contributed by atoms with van der Waals surface area (Å²) in [5, 5.41) is 9.93. The van der Waals surface area contributed by atoms with Gasteiger partial charge in [-0.1, -0.05) is 0 Å². The van der Waals surface area contributed by atoms with Gasteiger partial charge in [-0.3, -0.25) is 9.59 Å². The fourth-order valence-electron chi connectivity index (χ4n) is 1.38. The highest BCUT2D eigenvalue weighted by Gasteiger charge is 2.15. The average Bonchev–Trinajstić information content (AvgIpc) is 2.79. The first-order valence-corrected chi connectivity index (χ1v) is 9.29. The Labute approximate surface area is 187 Å². The van der Waals surface area contributed by atoms with Gasteiger partial charge >= 0.3 is 18.3 Å². The zero-order chi connectivity index (χ0) is 25.4. The molecule has 2 N–H and O–H groups in total. The van der Waals surface area contributed by atoms with Gasteiger partial charge in [0, 0.05) is 34.0 Å². The van der Waals surface area contributed by atoms with E-state index < -0.39 is 18.4 Å². The number of methoxy groups -OCH3 is 3. The molecule has 186 valence electrons. The molecule has 0 radical (unpaired) electrons. The lowest BCUT2D eigenvalue weighted by molar-refractivity contribution is -0.111. The Balaban J connectivity index is -0.000000695. The molecule has 0 bridgehead atoms. The molecule has 0 aliphatic heterocycles. The summed E-state index contributed by atoms with van der Waals surface area (Å²) in [5.41, 5.74) is 0. The molecule has 0 fully saturated rings. The predicted molar refractivity (Wildman–Crippen MR) is 112 cm³/mol. The number of carbonyl (C=O) groups excluding carboxylic acids is 4. The van der Waals surface area contributed by atoms with Crippen LogP contribution in [0.4, 0.5) is 14.4 Å². The number of hydrogen-bond acceptors (Lipinski definition) is 10. The monoisotopic (exact) mass is 466 g/mol. The van der Waals surface area contributed by atoms with Crippen molar-refractivity contribution in [3.05, 3.63) is 12.3 Å². The molecule has 0 aliphatic carbocycles. The van der Waals surface area contributed by atoms with Gasteiger partial charge in [0.25, 0.3) is 0 Å². The van der Waals surface area contributed by atoms with E-state index in [1.165, 1.54) is 31.3 Å². The average molecular weight is 466 g/mol. The molecule has 0 aliphatic rings. The van der Waals surface area contributed by atoms with E-state index in [1.54, 1.807) is 7.11 Å². The second-order valence-electron chi connectivity index (χ2n) is 5.67. The van der Waals surface area contributed by atoms with Crippen LogP contribution in [0.1, 0.15) is 20.3 Å². The van der Waals surface area contributed by atoms with Crippen molar-refractivity contribution in [2.24, 2.45) is 0 Å². The quantitative estimate of drug-likeness (QED) is 0.257. The van der Waals surface area contributed by atoms with Crippen LogP contribution in [0.15, 0.2) is 12.3 Å². The van der Waals surface area contributed by atoms with Gasteiger partial charge in [-0.05, 0) is 26.3 Å². The third-order valence-electron chi connectivity index (χ3n) is 3.15. The molecular weight excluding hydrogens is 432 g/mol. The van der Waals surface area contributed by atoms with E-state index >= 15 is 0 Å². The molecule has 0 aromatic rings. The minimum Gasteiger partial charge on any atom is -0.450 e. The molecule has 2 amide bonds. The fraction of sp³-hybridized carbons (Fsp3) is 0.632. The highest BCUT2D eigenvalue weighted by molar-refractivity contribution is 5.76. The van der Waals surface area contributed by atoms with Crippen LogP contribution in [-0.4, -0.2) is 101 Å². The van der Waals surface area contributed by atoms with E-state index in [-0.39, 0.29) is 25.8 Å². The number of nitrogens with one attached hydrogen (secondary N) is 1. The van der Waals surface area contributed by atoms with Gasteiger partial charge in [0.05, 0.1) is 19.3 Å². The number of allylic oxidation sites excluding steroid dienone is 1. The summed E-state index contributed by atoms with van der Waals surface area (Å²) in [7, 11) is 5.69. The summed E-state index contributed by atoms with van der Waals surface area (Å²) < 4.78 is 22.7. The Morgan fingerprint density at radius 2 is 1.62 bits per heavy atom. The van der Waals surface area contributed by atoms with Crippen molar-refractivity contribution in [2.75, 3.05) is 48.1 Å². The highest BCUT2D eigenvalue weighted by Crippen LogP contribution is 2.03. The van der Waals surface area contributed by atoms with Crippen molar-refractivity contribution in [2.45, 2.75) is 32.5 Å². The maximum atomic E-state index is 11.6. The van der Waals surface area contributed by atoms with Gasteiger partial charge in [0.15, 0.2) is 12.9 Å². The summed E-state index contributed by atoms with van der Waals surface area (Å²) in [5.74, 6) is 0. The van der Waals surface area contributed by atoms with Gasteiger partial charge < -0.3 is 39.0 Å². The Morgan fingerprint density at radius 3 is 2.00 bits per heavy atom. The van der Waals surface area contributed by atoms with Crippen molar-refractivity contribution < 1.29 is 52.8 Å². The summed E-state index contributed by atoms with van der Waals surface area (Å²) in [6, 6.07) is -0.390. The van der Waals surface area contributed by atoms with Gasteiger partial charge in [0.1, 0.15) is 12.9 Å². The van der Waals surface area contributed by atoms with E-state index in [2.05, 4.69) is 14.8 Å². The second kappa shape index (κ2) is 24.1. The minimum absolute atomic E-state index is 0.0901. The molecule has 0 aromatic heterocycles. The molecule has 32 heavy (non-hydrogen) atoms. The Hall–Kier alpha value is -3.19.